The highest BCUT2D eigenvalue weighted by Gasteiger charge is 2.07. The number of rotatable bonds is 4. The molecular weight excluding hydrogens is 208 g/mol. The molecule has 5 heteroatoms. The number of nitrogens with one attached hydrogen (secondary N) is 1. The lowest BCUT2D eigenvalue weighted by Crippen LogP contribution is -2.14. The highest BCUT2D eigenvalue weighted by Crippen LogP contribution is 2.05. The Hall–Kier alpha value is -1.91. The second-order valence-electron chi connectivity index (χ2n) is 3.35. The molecular formula is C11H14N2O3. The summed E-state index contributed by atoms with van der Waals surface area (Å²) in [6, 6.07) is 3.56. The smallest absolute Gasteiger partial charge is 0.306 e. The van der Waals surface area contributed by atoms with Crippen LogP contribution in [0.15, 0.2) is 18.3 Å². The first-order valence-corrected chi connectivity index (χ1v) is 4.91. The van der Waals surface area contributed by atoms with Crippen molar-refractivity contribution < 1.29 is 14.3 Å². The van der Waals surface area contributed by atoms with Crippen LogP contribution < -0.4 is 5.32 Å². The van der Waals surface area contributed by atoms with Gasteiger partial charge in [0.2, 0.25) is 5.91 Å². The fraction of sp³-hybridized carbons (Fsp3) is 0.364. The van der Waals surface area contributed by atoms with E-state index in [-0.39, 0.29) is 18.7 Å². The van der Waals surface area contributed by atoms with Gasteiger partial charge >= 0.3 is 5.97 Å². The summed E-state index contributed by atoms with van der Waals surface area (Å²) in [5.41, 5.74) is 1.02. The zero-order chi connectivity index (χ0) is 12.0. The predicted molar refractivity (Wildman–Crippen MR) is 58.9 cm³/mol. The summed E-state index contributed by atoms with van der Waals surface area (Å²) in [6.07, 6.45) is 1.84. The molecule has 0 aliphatic rings. The van der Waals surface area contributed by atoms with Crippen molar-refractivity contribution in [1.29, 1.82) is 0 Å². The summed E-state index contributed by atoms with van der Waals surface area (Å²) < 4.78 is 4.43. The van der Waals surface area contributed by atoms with Gasteiger partial charge in [-0.25, -0.2) is 4.98 Å². The molecule has 0 aliphatic carbocycles. The van der Waals surface area contributed by atoms with E-state index in [1.807, 2.05) is 13.0 Å². The number of ether oxygens (including phenoxy) is 1. The number of methoxy groups -OCH3 is 1. The summed E-state index contributed by atoms with van der Waals surface area (Å²) in [5, 5.41) is 2.59. The lowest BCUT2D eigenvalue weighted by molar-refractivity contribution is -0.141. The predicted octanol–water partition coefficient (Wildman–Crippen LogP) is 1.28. The van der Waals surface area contributed by atoms with E-state index in [0.717, 1.165) is 5.56 Å². The SMILES string of the molecule is COC(=O)CCC(=O)Nc1ccc(C)cn1. The Kier molecular flexibility index (Phi) is 4.44. The quantitative estimate of drug-likeness (QED) is 0.779. The van der Waals surface area contributed by atoms with Gasteiger partial charge in [0.05, 0.1) is 13.5 Å². The second-order valence-corrected chi connectivity index (χ2v) is 3.35. The number of amides is 1. The van der Waals surface area contributed by atoms with Crippen molar-refractivity contribution in [3.05, 3.63) is 23.9 Å². The Labute approximate surface area is 93.8 Å². The van der Waals surface area contributed by atoms with Crippen LogP contribution in [-0.2, 0) is 14.3 Å². The van der Waals surface area contributed by atoms with Gasteiger partial charge in [0.1, 0.15) is 5.82 Å². The van der Waals surface area contributed by atoms with Crippen LogP contribution in [0.2, 0.25) is 0 Å². The van der Waals surface area contributed by atoms with Crippen molar-refractivity contribution in [2.24, 2.45) is 0 Å². The van der Waals surface area contributed by atoms with Crippen LogP contribution in [0.4, 0.5) is 5.82 Å². The van der Waals surface area contributed by atoms with Gasteiger partial charge in [-0.15, -0.1) is 0 Å². The van der Waals surface area contributed by atoms with Crippen LogP contribution in [0.25, 0.3) is 0 Å². The number of hydrogen-bond donors (Lipinski definition) is 1. The van der Waals surface area contributed by atoms with Crippen LogP contribution in [0.5, 0.6) is 0 Å². The topological polar surface area (TPSA) is 68.3 Å². The number of anilines is 1. The number of carbonyl (C=O) groups is 2. The average molecular weight is 222 g/mol. The zero-order valence-corrected chi connectivity index (χ0v) is 9.32. The summed E-state index contributed by atoms with van der Waals surface area (Å²) >= 11 is 0. The van der Waals surface area contributed by atoms with Crippen LogP contribution in [0, 0.1) is 6.92 Å². The zero-order valence-electron chi connectivity index (χ0n) is 9.32. The number of nitrogens with zero attached hydrogens (tertiary/aromatic N) is 1. The van der Waals surface area contributed by atoms with Crippen LogP contribution >= 0.6 is 0 Å². The molecule has 5 nitrogen and oxygen atoms in total. The highest BCUT2D eigenvalue weighted by molar-refractivity contribution is 5.91. The lowest BCUT2D eigenvalue weighted by atomic mass is 10.3. The maximum Gasteiger partial charge on any atom is 0.306 e. The fourth-order valence-electron chi connectivity index (χ4n) is 1.06. The van der Waals surface area contributed by atoms with Gasteiger partial charge < -0.3 is 10.1 Å². The molecule has 16 heavy (non-hydrogen) atoms. The van der Waals surface area contributed by atoms with E-state index in [9.17, 15) is 9.59 Å². The minimum Gasteiger partial charge on any atom is -0.469 e. The van der Waals surface area contributed by atoms with Crippen LogP contribution in [-0.4, -0.2) is 24.0 Å². The molecule has 0 aliphatic heterocycles. The standard InChI is InChI=1S/C11H14N2O3/c1-8-3-4-9(12-7-8)13-10(14)5-6-11(15)16-2/h3-4,7H,5-6H2,1-2H3,(H,12,13,14). The summed E-state index contributed by atoms with van der Waals surface area (Å²) in [7, 11) is 1.29. The molecule has 86 valence electrons. The van der Waals surface area contributed by atoms with Gasteiger partial charge in [-0.2, -0.15) is 0 Å². The van der Waals surface area contributed by atoms with Crippen molar-refractivity contribution in [3.8, 4) is 0 Å². The second kappa shape index (κ2) is 5.85. The summed E-state index contributed by atoms with van der Waals surface area (Å²) in [6.45, 7) is 1.91. The highest BCUT2D eigenvalue weighted by atomic mass is 16.5. The molecule has 1 aromatic heterocycles. The molecule has 1 aromatic rings. The molecule has 1 heterocycles. The number of carbonyl (C=O) groups excluding carboxylic acids is 2. The Balaban J connectivity index is 2.40. The van der Waals surface area contributed by atoms with E-state index in [0.29, 0.717) is 5.82 Å². The lowest BCUT2D eigenvalue weighted by Gasteiger charge is -2.03. The van der Waals surface area contributed by atoms with Crippen LogP contribution in [0.3, 0.4) is 0 Å². The van der Waals surface area contributed by atoms with Gasteiger partial charge in [0, 0.05) is 12.6 Å². The number of aryl methyl sites for hydroxylation is 1. The number of esters is 1. The third kappa shape index (κ3) is 4.08. The fourth-order valence-corrected chi connectivity index (χ4v) is 1.06. The molecule has 1 amide bonds. The van der Waals surface area contributed by atoms with Gasteiger partial charge in [0.15, 0.2) is 0 Å². The third-order valence-electron chi connectivity index (χ3n) is 1.96. The minimum atomic E-state index is -0.396. The molecule has 0 unspecified atom stereocenters. The van der Waals surface area contributed by atoms with Gasteiger partial charge in [-0.3, -0.25) is 9.59 Å². The number of hydrogen-bond acceptors (Lipinski definition) is 4. The Bertz CT molecular complexity index is 373. The van der Waals surface area contributed by atoms with Crippen molar-refractivity contribution in [3.63, 3.8) is 0 Å². The van der Waals surface area contributed by atoms with Crippen molar-refractivity contribution in [2.45, 2.75) is 19.8 Å². The average Bonchev–Trinajstić information content (AvgIpc) is 2.29. The van der Waals surface area contributed by atoms with Crippen molar-refractivity contribution >= 4 is 17.7 Å². The molecule has 0 aromatic carbocycles. The Morgan fingerprint density at radius 1 is 1.38 bits per heavy atom. The molecule has 0 saturated carbocycles. The van der Waals surface area contributed by atoms with E-state index < -0.39 is 5.97 Å². The summed E-state index contributed by atoms with van der Waals surface area (Å²) in [4.78, 5) is 26.2. The summed E-state index contributed by atoms with van der Waals surface area (Å²) in [5.74, 6) is -0.158. The largest absolute Gasteiger partial charge is 0.469 e. The van der Waals surface area contributed by atoms with Gasteiger partial charge in [-0.1, -0.05) is 6.07 Å². The Morgan fingerprint density at radius 2 is 2.12 bits per heavy atom. The van der Waals surface area contributed by atoms with E-state index in [1.54, 1.807) is 12.3 Å². The van der Waals surface area contributed by atoms with E-state index >= 15 is 0 Å². The van der Waals surface area contributed by atoms with Crippen molar-refractivity contribution in [1.82, 2.24) is 4.98 Å². The molecule has 0 spiro atoms. The molecule has 0 radical (unpaired) electrons. The maximum atomic E-state index is 11.4. The maximum absolute atomic E-state index is 11.4. The molecule has 0 fully saturated rings. The molecule has 0 saturated heterocycles. The van der Waals surface area contributed by atoms with Gasteiger partial charge in [0.25, 0.3) is 0 Å². The number of pyridine rings is 1. The molecule has 0 atom stereocenters. The third-order valence-corrected chi connectivity index (χ3v) is 1.96. The number of aromatic nitrogens is 1. The molecule has 0 bridgehead atoms. The monoisotopic (exact) mass is 222 g/mol. The first-order valence-electron chi connectivity index (χ1n) is 4.91. The first kappa shape index (κ1) is 12.2. The van der Waals surface area contributed by atoms with Crippen molar-refractivity contribution in [2.75, 3.05) is 12.4 Å². The van der Waals surface area contributed by atoms with Gasteiger partial charge in [-0.05, 0) is 18.6 Å². The normalized spacial score (nSPS) is 9.62. The molecule has 1 N–H and O–H groups in total. The minimum absolute atomic E-state index is 0.0776. The van der Waals surface area contributed by atoms with E-state index in [4.69, 9.17) is 0 Å². The first-order chi connectivity index (χ1) is 7.61. The molecule has 1 rings (SSSR count). The van der Waals surface area contributed by atoms with E-state index in [1.165, 1.54) is 7.11 Å². The van der Waals surface area contributed by atoms with E-state index in [2.05, 4.69) is 15.0 Å². The van der Waals surface area contributed by atoms with Crippen LogP contribution in [0.1, 0.15) is 18.4 Å². The Morgan fingerprint density at radius 3 is 2.69 bits per heavy atom.